The molecule has 0 fully saturated rings. The number of fused-ring (bicyclic) bond motifs is 1. The van der Waals surface area contributed by atoms with Crippen molar-refractivity contribution in [1.29, 1.82) is 0 Å². The fourth-order valence-corrected chi connectivity index (χ4v) is 9.49. The summed E-state index contributed by atoms with van der Waals surface area (Å²) in [7, 11) is -23.9. The fraction of sp³-hybridized carbons (Fsp3) is 0.121. The van der Waals surface area contributed by atoms with Gasteiger partial charge in [0.2, 0.25) is 20.8 Å². The van der Waals surface area contributed by atoms with Gasteiger partial charge < -0.3 is 35.1 Å². The van der Waals surface area contributed by atoms with Crippen molar-refractivity contribution in [3.05, 3.63) is 90.5 Å². The summed E-state index contributed by atoms with van der Waals surface area (Å²) in [6, 6.07) is 16.1. The van der Waals surface area contributed by atoms with Crippen LogP contribution < -0.4 is 135 Å². The summed E-state index contributed by atoms with van der Waals surface area (Å²) in [5, 5.41) is 42.9. The van der Waals surface area contributed by atoms with Crippen molar-refractivity contribution in [2.75, 3.05) is 35.8 Å². The average Bonchev–Trinajstić information content (AvgIpc) is 3.21. The van der Waals surface area contributed by atoms with E-state index in [1.165, 1.54) is 36.4 Å². The summed E-state index contributed by atoms with van der Waals surface area (Å²) >= 11 is 0.168. The van der Waals surface area contributed by atoms with Crippen molar-refractivity contribution in [1.82, 2.24) is 0 Å². The molecule has 1 amide bonds. The van der Waals surface area contributed by atoms with Gasteiger partial charge in [-0.2, -0.15) is 14.6 Å². The number of nitrogen functional groups attached to an aromatic ring is 1. The third-order valence-electron chi connectivity index (χ3n) is 8.20. The van der Waals surface area contributed by atoms with Gasteiger partial charge in [-0.15, -0.1) is 10.2 Å². The largest absolute Gasteiger partial charge is 1.00 e. The molecule has 0 aliphatic carbocycles. The Labute approximate surface area is 485 Å². The number of aromatic hydroxyl groups is 1. The third kappa shape index (κ3) is 19.0. The molecular formula is C33H26N6Na4O20S6. The number of nitrogens with one attached hydrogen (secondary N) is 1. The Bertz CT molecular complexity index is 3280. The van der Waals surface area contributed by atoms with Crippen LogP contribution in [0.5, 0.6) is 5.75 Å². The molecule has 0 radical (unpaired) electrons. The van der Waals surface area contributed by atoms with Crippen LogP contribution in [0, 0.1) is 0 Å². The minimum Gasteiger partial charge on any atom is -0.744 e. The number of anilines is 2. The first-order valence-electron chi connectivity index (χ1n) is 17.1. The number of nitrogens with zero attached hydrogens (tertiary/aromatic N) is 4. The zero-order chi connectivity index (χ0) is 48.0. The van der Waals surface area contributed by atoms with Crippen molar-refractivity contribution in [3.63, 3.8) is 0 Å². The molecule has 0 aliphatic rings. The Morgan fingerprint density at radius 1 is 0.667 bits per heavy atom. The number of azo groups is 2. The topological polar surface area (TPSA) is 425 Å². The summed E-state index contributed by atoms with van der Waals surface area (Å²) in [6.45, 7) is -1.88. The molecule has 5 aromatic rings. The second-order valence-electron chi connectivity index (χ2n) is 12.5. The number of phenols is 1. The van der Waals surface area contributed by atoms with Gasteiger partial charge in [0, 0.05) is 11.3 Å². The number of rotatable bonds is 20. The molecule has 348 valence electrons. The van der Waals surface area contributed by atoms with Crippen LogP contribution in [0.2, 0.25) is 0 Å². The minimum atomic E-state index is -5.39. The van der Waals surface area contributed by atoms with Gasteiger partial charge in [0.25, 0.3) is 5.91 Å². The van der Waals surface area contributed by atoms with Gasteiger partial charge in [0.15, 0.2) is 25.4 Å². The van der Waals surface area contributed by atoms with Crippen molar-refractivity contribution >= 4 is 113 Å². The molecule has 0 aliphatic heterocycles. The molecule has 0 bridgehead atoms. The van der Waals surface area contributed by atoms with Crippen LogP contribution in [-0.2, 0) is 68.3 Å². The van der Waals surface area contributed by atoms with Crippen LogP contribution in [0.4, 0.5) is 34.1 Å². The number of sulfone groups is 2. The molecule has 0 heterocycles. The summed E-state index contributed by atoms with van der Waals surface area (Å²) in [5.41, 5.74) is 4.35. The number of carbonyl (C=O) groups is 1. The van der Waals surface area contributed by atoms with Crippen LogP contribution in [0.3, 0.4) is 0 Å². The Morgan fingerprint density at radius 2 is 1.17 bits per heavy atom. The van der Waals surface area contributed by atoms with E-state index in [2.05, 4.69) is 43.5 Å². The standard InChI is InChI=1S/C33H30N6O20S6.4Na/c34-29-28-20(16-26(60-59-58-42)30(32(28)40)38-36-22-8-10-24(11-9-22)61(43,44)14-12-56-64(50,51)52)17-27(63(47,48)49)31(29)39-37-21-6-4-19(5-7-21)33(41)35-23-2-1-3-25(18-23)62(45,46)15-13-57-65(53,54)55;;;;/h1-11,16-18,40,42H,12-15,34H2,(H,35,41)(H,47,48,49)(H,50,51,52)(H,53,54,55);;;;/q;4*+1/p-4. The Hall–Kier alpha value is -1.59. The molecule has 36 heteroatoms. The zero-order valence-electron chi connectivity index (χ0n) is 35.9. The summed E-state index contributed by atoms with van der Waals surface area (Å²) in [4.78, 5) is 11.1. The maximum Gasteiger partial charge on any atom is 1.00 e. The van der Waals surface area contributed by atoms with E-state index in [4.69, 9.17) is 5.73 Å². The SMILES string of the molecule is Nc1c(N=Nc2ccc(C(=O)Nc3cccc(S(=O)(=O)CCOS(=O)(=O)[O-])c3)cc2)c(S(=O)(=O)[O-])cc2cc(SOO[O-])c(N=Nc3ccc(S(=O)(=O)CCOS(=O)(=O)[O-])cc3)c(O)c12.[Na+].[Na+].[Na+].[Na+]. The van der Waals surface area contributed by atoms with Gasteiger partial charge in [-0.1, -0.05) is 6.07 Å². The summed E-state index contributed by atoms with van der Waals surface area (Å²) in [6.07, 6.45) is 0. The van der Waals surface area contributed by atoms with Gasteiger partial charge >= 0.3 is 118 Å². The normalized spacial score (nSPS) is 12.2. The Kier molecular flexibility index (Phi) is 26.2. The molecule has 0 saturated carbocycles. The number of amides is 1. The molecule has 69 heavy (non-hydrogen) atoms. The van der Waals surface area contributed by atoms with Crippen molar-refractivity contribution in [2.45, 2.75) is 19.6 Å². The number of benzene rings is 5. The number of nitrogens with two attached hydrogens (primary N) is 1. The van der Waals surface area contributed by atoms with Crippen LogP contribution >= 0.6 is 12.0 Å². The van der Waals surface area contributed by atoms with Crippen LogP contribution in [0.1, 0.15) is 10.4 Å². The summed E-state index contributed by atoms with van der Waals surface area (Å²) in [5.74, 6) is -3.31. The molecular weight excluding hydrogens is 1080 g/mol. The molecule has 0 unspecified atom stereocenters. The van der Waals surface area contributed by atoms with Gasteiger partial charge in [0.1, 0.15) is 21.5 Å². The average molecular weight is 1110 g/mol. The molecule has 0 spiro atoms. The van der Waals surface area contributed by atoms with Crippen LogP contribution in [-0.4, -0.2) is 91.5 Å². The van der Waals surface area contributed by atoms with E-state index < -0.39 is 109 Å². The predicted octanol–water partition coefficient (Wildman–Crippen LogP) is -9.14. The minimum absolute atomic E-state index is 0. The van der Waals surface area contributed by atoms with Crippen LogP contribution in [0.25, 0.3) is 10.8 Å². The molecule has 4 N–H and O–H groups in total. The van der Waals surface area contributed by atoms with E-state index in [1.807, 2.05) is 0 Å². The molecule has 5 aromatic carbocycles. The third-order valence-corrected chi connectivity index (χ3v) is 13.9. The number of phenolic OH excluding ortho intramolecular Hbond substituents is 1. The van der Waals surface area contributed by atoms with Crippen LogP contribution in [0.15, 0.2) is 125 Å². The summed E-state index contributed by atoms with van der Waals surface area (Å²) < 4.78 is 163. The van der Waals surface area contributed by atoms with Crippen molar-refractivity contribution in [3.8, 4) is 5.75 Å². The van der Waals surface area contributed by atoms with E-state index >= 15 is 0 Å². The number of hydrogen-bond acceptors (Lipinski definition) is 26. The van der Waals surface area contributed by atoms with Crippen molar-refractivity contribution < 1.29 is 207 Å². The Balaban J connectivity index is 0.00000595. The van der Waals surface area contributed by atoms with E-state index in [1.54, 1.807) is 0 Å². The maximum atomic E-state index is 13.0. The van der Waals surface area contributed by atoms with E-state index in [0.717, 1.165) is 48.5 Å². The first-order valence-corrected chi connectivity index (χ1v) is 25.2. The number of carbonyl (C=O) groups excluding carboxylic acids is 1. The molecule has 0 aromatic heterocycles. The molecule has 0 atom stereocenters. The smallest absolute Gasteiger partial charge is 0.744 e. The quantitative estimate of drug-likeness (QED) is 0.00952. The Morgan fingerprint density at radius 3 is 1.68 bits per heavy atom. The zero-order valence-corrected chi connectivity index (χ0v) is 48.8. The maximum absolute atomic E-state index is 13.0. The monoisotopic (exact) mass is 1110 g/mol. The van der Waals surface area contributed by atoms with E-state index in [0.29, 0.717) is 0 Å². The number of hydrogen-bond donors (Lipinski definition) is 3. The van der Waals surface area contributed by atoms with Gasteiger partial charge in [-0.05, 0) is 84.2 Å². The second-order valence-corrected chi connectivity index (χ2v) is 20.9. The second kappa shape index (κ2) is 27.6. The van der Waals surface area contributed by atoms with Gasteiger partial charge in [0.05, 0.1) is 78.8 Å². The van der Waals surface area contributed by atoms with Gasteiger partial charge in [-0.25, -0.2) is 42.1 Å². The molecule has 5 rings (SSSR count). The van der Waals surface area contributed by atoms with E-state index in [9.17, 15) is 70.9 Å². The predicted molar refractivity (Wildman–Crippen MR) is 217 cm³/mol. The van der Waals surface area contributed by atoms with Crippen molar-refractivity contribution in [2.24, 2.45) is 20.5 Å². The van der Waals surface area contributed by atoms with Gasteiger partial charge in [-0.3, -0.25) is 18.2 Å². The fourth-order valence-electron chi connectivity index (χ4n) is 5.33. The molecule has 26 nitrogen and oxygen atoms in total. The first kappa shape index (κ1) is 65.4. The molecule has 0 saturated heterocycles. The first-order chi connectivity index (χ1) is 30.3. The van der Waals surface area contributed by atoms with E-state index in [-0.39, 0.29) is 178 Å².